The van der Waals surface area contributed by atoms with Crippen LogP contribution in [-0.2, 0) is 4.79 Å². The van der Waals surface area contributed by atoms with E-state index in [1.54, 1.807) is 12.3 Å². The Bertz CT molecular complexity index is 707. The van der Waals surface area contributed by atoms with E-state index in [4.69, 9.17) is 0 Å². The highest BCUT2D eigenvalue weighted by Gasteiger charge is 2.39. The lowest BCUT2D eigenvalue weighted by atomic mass is 9.83. The number of aromatic nitrogens is 1. The first-order chi connectivity index (χ1) is 12.6. The van der Waals surface area contributed by atoms with Gasteiger partial charge in [-0.25, -0.2) is 0 Å². The quantitative estimate of drug-likeness (QED) is 0.768. The van der Waals surface area contributed by atoms with Gasteiger partial charge in [0.1, 0.15) is 5.69 Å². The third-order valence-corrected chi connectivity index (χ3v) is 6.26. The first-order valence-electron chi connectivity index (χ1n) is 9.76. The van der Waals surface area contributed by atoms with Gasteiger partial charge in [0.05, 0.1) is 0 Å². The molecule has 2 atom stereocenters. The molecule has 0 spiro atoms. The van der Waals surface area contributed by atoms with E-state index < -0.39 is 0 Å². The van der Waals surface area contributed by atoms with Crippen LogP contribution >= 0.6 is 0 Å². The second-order valence-corrected chi connectivity index (χ2v) is 8.04. The molecule has 3 aliphatic rings. The van der Waals surface area contributed by atoms with Gasteiger partial charge in [-0.3, -0.25) is 14.6 Å². The zero-order valence-corrected chi connectivity index (χ0v) is 15.4. The molecule has 1 aromatic rings. The number of likely N-dealkylation sites (tertiary alicyclic amines) is 2. The SMILES string of the molecule is CC1=CC[C@@H]2CN(C(=O)C3CCN(C(=O)c4ccccn4)CC3)C[C@@H]2C1. The monoisotopic (exact) mass is 353 g/mol. The molecule has 0 radical (unpaired) electrons. The van der Waals surface area contributed by atoms with Crippen molar-refractivity contribution in [2.24, 2.45) is 17.8 Å². The standard InChI is InChI=1S/C21H27N3O2/c1-15-5-6-17-13-24(14-18(17)12-15)20(25)16-7-10-23(11-8-16)21(26)19-4-2-3-9-22-19/h2-5,9,16-18H,6-8,10-14H2,1H3/t17-,18+/m1/s1. The van der Waals surface area contributed by atoms with Gasteiger partial charge >= 0.3 is 0 Å². The summed E-state index contributed by atoms with van der Waals surface area (Å²) in [6.45, 7) is 5.33. The number of piperidine rings is 1. The second-order valence-electron chi connectivity index (χ2n) is 8.04. The van der Waals surface area contributed by atoms with Crippen LogP contribution in [-0.4, -0.2) is 52.8 Å². The van der Waals surface area contributed by atoms with Gasteiger partial charge in [-0.05, 0) is 56.6 Å². The molecule has 0 bridgehead atoms. The highest BCUT2D eigenvalue weighted by molar-refractivity contribution is 5.92. The molecule has 4 rings (SSSR count). The van der Waals surface area contributed by atoms with E-state index in [0.717, 1.165) is 38.8 Å². The summed E-state index contributed by atoms with van der Waals surface area (Å²) >= 11 is 0. The Morgan fingerprint density at radius 3 is 2.58 bits per heavy atom. The number of hydrogen-bond donors (Lipinski definition) is 0. The molecule has 138 valence electrons. The molecule has 3 heterocycles. The summed E-state index contributed by atoms with van der Waals surface area (Å²) in [5, 5.41) is 0. The van der Waals surface area contributed by atoms with E-state index >= 15 is 0 Å². The Labute approximate surface area is 155 Å². The van der Waals surface area contributed by atoms with Crippen molar-refractivity contribution in [2.75, 3.05) is 26.2 Å². The number of allylic oxidation sites excluding steroid dienone is 2. The van der Waals surface area contributed by atoms with Crippen molar-refractivity contribution in [1.29, 1.82) is 0 Å². The number of hydrogen-bond acceptors (Lipinski definition) is 3. The molecule has 0 saturated carbocycles. The smallest absolute Gasteiger partial charge is 0.272 e. The Morgan fingerprint density at radius 1 is 1.08 bits per heavy atom. The van der Waals surface area contributed by atoms with Crippen molar-refractivity contribution in [2.45, 2.75) is 32.6 Å². The van der Waals surface area contributed by atoms with Gasteiger partial charge in [0.25, 0.3) is 5.91 Å². The summed E-state index contributed by atoms with van der Waals surface area (Å²) in [6, 6.07) is 5.40. The molecule has 0 aromatic carbocycles. The molecule has 2 aliphatic heterocycles. The molecular formula is C21H27N3O2. The fourth-order valence-corrected chi connectivity index (χ4v) is 4.71. The molecule has 2 fully saturated rings. The summed E-state index contributed by atoms with van der Waals surface area (Å²) in [6.07, 6.45) is 7.79. The number of carbonyl (C=O) groups is 2. The zero-order valence-electron chi connectivity index (χ0n) is 15.4. The van der Waals surface area contributed by atoms with Gasteiger partial charge in [-0.15, -0.1) is 0 Å². The Hall–Kier alpha value is -2.17. The molecule has 1 aromatic heterocycles. The first kappa shape index (κ1) is 17.3. The lowest BCUT2D eigenvalue weighted by molar-refractivity contribution is -0.136. The second kappa shape index (κ2) is 7.22. The largest absolute Gasteiger partial charge is 0.342 e. The van der Waals surface area contributed by atoms with E-state index in [1.807, 2.05) is 17.0 Å². The lowest BCUT2D eigenvalue weighted by Crippen LogP contribution is -2.44. The molecule has 2 saturated heterocycles. The van der Waals surface area contributed by atoms with E-state index in [1.165, 1.54) is 5.57 Å². The Balaban J connectivity index is 1.31. The number of nitrogens with zero attached hydrogens (tertiary/aromatic N) is 3. The average Bonchev–Trinajstić information content (AvgIpc) is 3.11. The molecule has 26 heavy (non-hydrogen) atoms. The average molecular weight is 353 g/mol. The Morgan fingerprint density at radius 2 is 1.85 bits per heavy atom. The third kappa shape index (κ3) is 3.39. The fourth-order valence-electron chi connectivity index (χ4n) is 4.71. The topological polar surface area (TPSA) is 53.5 Å². The van der Waals surface area contributed by atoms with Gasteiger partial charge in [0.2, 0.25) is 5.91 Å². The summed E-state index contributed by atoms with van der Waals surface area (Å²) < 4.78 is 0. The number of amides is 2. The van der Waals surface area contributed by atoms with Crippen LogP contribution in [0.25, 0.3) is 0 Å². The van der Waals surface area contributed by atoms with Gasteiger partial charge < -0.3 is 9.80 Å². The molecule has 2 amide bonds. The molecule has 5 heteroatoms. The summed E-state index contributed by atoms with van der Waals surface area (Å²) in [5.41, 5.74) is 1.96. The summed E-state index contributed by atoms with van der Waals surface area (Å²) in [5.74, 6) is 1.65. The van der Waals surface area contributed by atoms with Gasteiger partial charge in [-0.1, -0.05) is 17.7 Å². The predicted molar refractivity (Wildman–Crippen MR) is 99.4 cm³/mol. The van der Waals surface area contributed by atoms with Crippen LogP contribution in [0.5, 0.6) is 0 Å². The van der Waals surface area contributed by atoms with Crippen molar-refractivity contribution in [3.05, 3.63) is 41.7 Å². The first-order valence-corrected chi connectivity index (χ1v) is 9.76. The maximum absolute atomic E-state index is 13.0. The molecular weight excluding hydrogens is 326 g/mol. The van der Waals surface area contributed by atoms with Crippen LogP contribution in [0, 0.1) is 17.8 Å². The van der Waals surface area contributed by atoms with Gasteiger partial charge in [0.15, 0.2) is 0 Å². The van der Waals surface area contributed by atoms with Crippen LogP contribution in [0.15, 0.2) is 36.0 Å². The lowest BCUT2D eigenvalue weighted by Gasteiger charge is -2.33. The van der Waals surface area contributed by atoms with Crippen LogP contribution in [0.1, 0.15) is 43.1 Å². The van der Waals surface area contributed by atoms with Gasteiger partial charge in [0, 0.05) is 38.3 Å². The highest BCUT2D eigenvalue weighted by atomic mass is 16.2. The molecule has 0 unspecified atom stereocenters. The van der Waals surface area contributed by atoms with Crippen molar-refractivity contribution in [1.82, 2.24) is 14.8 Å². The highest BCUT2D eigenvalue weighted by Crippen LogP contribution is 2.36. The number of rotatable bonds is 2. The third-order valence-electron chi connectivity index (χ3n) is 6.26. The summed E-state index contributed by atoms with van der Waals surface area (Å²) in [7, 11) is 0. The number of pyridine rings is 1. The van der Waals surface area contributed by atoms with Crippen LogP contribution in [0.3, 0.4) is 0 Å². The van der Waals surface area contributed by atoms with Crippen molar-refractivity contribution in [3.63, 3.8) is 0 Å². The normalized spacial score (nSPS) is 26.4. The van der Waals surface area contributed by atoms with Crippen molar-refractivity contribution >= 4 is 11.8 Å². The number of carbonyl (C=O) groups excluding carboxylic acids is 2. The minimum absolute atomic E-state index is 0.0229. The zero-order chi connectivity index (χ0) is 18.1. The fraction of sp³-hybridized carbons (Fsp3) is 0.571. The van der Waals surface area contributed by atoms with Crippen molar-refractivity contribution < 1.29 is 9.59 Å². The minimum Gasteiger partial charge on any atom is -0.342 e. The predicted octanol–water partition coefficient (Wildman–Crippen LogP) is 2.75. The van der Waals surface area contributed by atoms with E-state index in [9.17, 15) is 9.59 Å². The van der Waals surface area contributed by atoms with E-state index in [-0.39, 0.29) is 11.8 Å². The summed E-state index contributed by atoms with van der Waals surface area (Å²) in [4.78, 5) is 33.5. The van der Waals surface area contributed by atoms with Gasteiger partial charge in [-0.2, -0.15) is 0 Å². The number of fused-ring (bicyclic) bond motifs is 1. The van der Waals surface area contributed by atoms with Crippen LogP contribution in [0.4, 0.5) is 0 Å². The molecule has 5 nitrogen and oxygen atoms in total. The maximum atomic E-state index is 13.0. The maximum Gasteiger partial charge on any atom is 0.272 e. The minimum atomic E-state index is -0.0229. The molecule has 1 aliphatic carbocycles. The van der Waals surface area contributed by atoms with Crippen molar-refractivity contribution in [3.8, 4) is 0 Å². The van der Waals surface area contributed by atoms with Crippen LogP contribution < -0.4 is 0 Å². The Kier molecular flexibility index (Phi) is 4.79. The van der Waals surface area contributed by atoms with E-state index in [2.05, 4.69) is 22.9 Å². The molecule has 0 N–H and O–H groups in total. The van der Waals surface area contributed by atoms with Crippen LogP contribution in [0.2, 0.25) is 0 Å². The van der Waals surface area contributed by atoms with E-state index in [0.29, 0.717) is 36.5 Å².